The lowest BCUT2D eigenvalue weighted by Crippen LogP contribution is -2.43. The molecule has 2 saturated heterocycles. The fourth-order valence-corrected chi connectivity index (χ4v) is 4.32. The van der Waals surface area contributed by atoms with Crippen molar-refractivity contribution in [3.63, 3.8) is 0 Å². The Kier molecular flexibility index (Phi) is 5.19. The van der Waals surface area contributed by atoms with E-state index >= 15 is 0 Å². The normalized spacial score (nSPS) is 32.0. The van der Waals surface area contributed by atoms with Gasteiger partial charge in [0.1, 0.15) is 0 Å². The van der Waals surface area contributed by atoms with Crippen molar-refractivity contribution in [3.8, 4) is 0 Å². The quantitative estimate of drug-likeness (QED) is 0.595. The molecule has 0 amide bonds. The summed E-state index contributed by atoms with van der Waals surface area (Å²) in [5.41, 5.74) is 0. The topological polar surface area (TPSA) is 55.8 Å². The molecule has 4 atom stereocenters. The Morgan fingerprint density at radius 3 is 2.41 bits per heavy atom. The van der Waals surface area contributed by atoms with Crippen LogP contribution in [0.1, 0.15) is 40.0 Å². The minimum atomic E-state index is -1.75. The molecule has 0 aromatic carbocycles. The summed E-state index contributed by atoms with van der Waals surface area (Å²) in [7, 11) is -1.75. The monoisotopic (exact) mass is 326 g/mol. The van der Waals surface area contributed by atoms with Crippen LogP contribution in [0.25, 0.3) is 0 Å². The van der Waals surface area contributed by atoms with Gasteiger partial charge in [-0.15, -0.1) is 0 Å². The molecule has 2 rings (SSSR count). The summed E-state index contributed by atoms with van der Waals surface area (Å²) >= 11 is 0. The van der Waals surface area contributed by atoms with Crippen LogP contribution >= 0.6 is 0 Å². The number of carboxylic acid groups (broad SMARTS) is 1. The van der Waals surface area contributed by atoms with Crippen molar-refractivity contribution in [2.75, 3.05) is 6.61 Å². The number of fused-ring (bicyclic) bond motifs is 2. The van der Waals surface area contributed by atoms with Crippen molar-refractivity contribution in [1.82, 2.24) is 0 Å². The summed E-state index contributed by atoms with van der Waals surface area (Å²) < 4.78 is 12.5. The molecule has 4 nitrogen and oxygen atoms in total. The Hall–Kier alpha value is -0.653. The van der Waals surface area contributed by atoms with Crippen LogP contribution in [0.4, 0.5) is 0 Å². The van der Waals surface area contributed by atoms with Crippen LogP contribution in [0.15, 0.2) is 12.2 Å². The van der Waals surface area contributed by atoms with Gasteiger partial charge in [0.25, 0.3) is 0 Å². The molecular formula is C17H30O4Si. The molecular weight excluding hydrogens is 296 g/mol. The lowest BCUT2D eigenvalue weighted by Gasteiger charge is -2.38. The van der Waals surface area contributed by atoms with Gasteiger partial charge in [-0.2, -0.15) is 0 Å². The SMILES string of the molecule is CC(C)(C)[Si](C)(C)OC[C@H]1[C@@H](CC=CC(=O)O)[C@@H]2CC[C@@H]1O2. The van der Waals surface area contributed by atoms with E-state index in [-0.39, 0.29) is 11.1 Å². The smallest absolute Gasteiger partial charge is 0.327 e. The third-order valence-electron chi connectivity index (χ3n) is 5.70. The fourth-order valence-electron chi connectivity index (χ4n) is 3.28. The number of carbonyl (C=O) groups is 1. The van der Waals surface area contributed by atoms with Gasteiger partial charge in [-0.1, -0.05) is 26.8 Å². The first kappa shape index (κ1) is 17.7. The lowest BCUT2D eigenvalue weighted by atomic mass is 9.78. The van der Waals surface area contributed by atoms with Crippen LogP contribution in [0.2, 0.25) is 18.1 Å². The molecule has 22 heavy (non-hydrogen) atoms. The van der Waals surface area contributed by atoms with E-state index < -0.39 is 14.3 Å². The van der Waals surface area contributed by atoms with Crippen molar-refractivity contribution in [2.45, 2.75) is 70.4 Å². The minimum absolute atomic E-state index is 0.212. The zero-order chi connectivity index (χ0) is 16.5. The standard InChI is InChI=1S/C17H30O4Si/c1-17(2,3)22(4,5)20-11-13-12(7-6-8-16(18)19)14-9-10-15(13)21-14/h6,8,12-15H,7,9-11H2,1-5H3,(H,18,19)/t12-,13+,14+,15+/m1/s1. The summed E-state index contributed by atoms with van der Waals surface area (Å²) in [6.07, 6.45) is 6.62. The third kappa shape index (κ3) is 3.81. The number of allylic oxidation sites excluding steroid dienone is 1. The molecule has 2 fully saturated rings. The molecule has 2 aliphatic rings. The van der Waals surface area contributed by atoms with Crippen molar-refractivity contribution >= 4 is 14.3 Å². The maximum Gasteiger partial charge on any atom is 0.327 e. The van der Waals surface area contributed by atoms with Crippen LogP contribution in [-0.2, 0) is 14.0 Å². The Bertz CT molecular complexity index is 438. The molecule has 0 saturated carbocycles. The van der Waals surface area contributed by atoms with E-state index in [1.807, 2.05) is 0 Å². The molecule has 126 valence electrons. The molecule has 0 unspecified atom stereocenters. The molecule has 2 bridgehead atoms. The molecule has 0 aromatic heterocycles. The molecule has 0 spiro atoms. The predicted octanol–water partition coefficient (Wildman–Crippen LogP) is 3.83. The average molecular weight is 327 g/mol. The highest BCUT2D eigenvalue weighted by atomic mass is 28.4. The highest BCUT2D eigenvalue weighted by molar-refractivity contribution is 6.74. The van der Waals surface area contributed by atoms with E-state index in [2.05, 4.69) is 33.9 Å². The number of hydrogen-bond acceptors (Lipinski definition) is 3. The van der Waals surface area contributed by atoms with Gasteiger partial charge >= 0.3 is 5.97 Å². The number of carboxylic acids is 1. The van der Waals surface area contributed by atoms with Gasteiger partial charge < -0.3 is 14.3 Å². The van der Waals surface area contributed by atoms with Crippen molar-refractivity contribution in [3.05, 3.63) is 12.2 Å². The summed E-state index contributed by atoms with van der Waals surface area (Å²) in [6.45, 7) is 12.1. The van der Waals surface area contributed by atoms with Crippen LogP contribution < -0.4 is 0 Å². The summed E-state index contributed by atoms with van der Waals surface area (Å²) in [6, 6.07) is 0. The zero-order valence-corrected chi connectivity index (χ0v) is 15.5. The molecule has 2 aliphatic heterocycles. The molecule has 2 heterocycles. The van der Waals surface area contributed by atoms with Gasteiger partial charge in [0.15, 0.2) is 8.32 Å². The first-order chi connectivity index (χ1) is 10.1. The zero-order valence-electron chi connectivity index (χ0n) is 14.5. The van der Waals surface area contributed by atoms with E-state index in [1.165, 1.54) is 6.08 Å². The van der Waals surface area contributed by atoms with E-state index in [9.17, 15) is 4.79 Å². The Labute approximate surface area is 135 Å². The fraction of sp³-hybridized carbons (Fsp3) is 0.824. The first-order valence-electron chi connectivity index (χ1n) is 8.31. The number of rotatable bonds is 6. The van der Waals surface area contributed by atoms with Gasteiger partial charge in [-0.25, -0.2) is 4.79 Å². The van der Waals surface area contributed by atoms with E-state index in [1.54, 1.807) is 6.08 Å². The second-order valence-electron chi connectivity index (χ2n) is 8.17. The predicted molar refractivity (Wildman–Crippen MR) is 89.4 cm³/mol. The van der Waals surface area contributed by atoms with Crippen LogP contribution in [-0.4, -0.2) is 38.2 Å². The second kappa shape index (κ2) is 6.46. The molecule has 5 heteroatoms. The minimum Gasteiger partial charge on any atom is -0.478 e. The van der Waals surface area contributed by atoms with E-state index in [4.69, 9.17) is 14.3 Å². The molecule has 0 radical (unpaired) electrons. The average Bonchev–Trinajstić information content (AvgIpc) is 2.95. The summed E-state index contributed by atoms with van der Waals surface area (Å²) in [4.78, 5) is 10.6. The van der Waals surface area contributed by atoms with Crippen molar-refractivity contribution in [1.29, 1.82) is 0 Å². The van der Waals surface area contributed by atoms with Gasteiger partial charge in [0, 0.05) is 18.6 Å². The van der Waals surface area contributed by atoms with Crippen LogP contribution in [0.5, 0.6) is 0 Å². The summed E-state index contributed by atoms with van der Waals surface area (Å²) in [5.74, 6) is -0.0661. The van der Waals surface area contributed by atoms with Crippen LogP contribution in [0, 0.1) is 11.8 Å². The summed E-state index contributed by atoms with van der Waals surface area (Å²) in [5, 5.41) is 8.96. The largest absolute Gasteiger partial charge is 0.478 e. The van der Waals surface area contributed by atoms with E-state index in [0.717, 1.165) is 25.9 Å². The van der Waals surface area contributed by atoms with Crippen molar-refractivity contribution < 1.29 is 19.1 Å². The lowest BCUT2D eigenvalue weighted by molar-refractivity contribution is -0.131. The highest BCUT2D eigenvalue weighted by Gasteiger charge is 2.49. The number of ether oxygens (including phenoxy) is 1. The molecule has 0 aromatic rings. The van der Waals surface area contributed by atoms with Crippen molar-refractivity contribution in [2.24, 2.45) is 11.8 Å². The number of hydrogen-bond donors (Lipinski definition) is 1. The maximum atomic E-state index is 10.6. The third-order valence-corrected chi connectivity index (χ3v) is 10.2. The molecule has 1 N–H and O–H groups in total. The van der Waals surface area contributed by atoms with Gasteiger partial charge in [-0.3, -0.25) is 0 Å². The maximum absolute atomic E-state index is 10.6. The Morgan fingerprint density at radius 2 is 1.86 bits per heavy atom. The van der Waals surface area contributed by atoms with Gasteiger partial charge in [0.05, 0.1) is 12.2 Å². The van der Waals surface area contributed by atoms with Gasteiger partial charge in [-0.05, 0) is 43.3 Å². The second-order valence-corrected chi connectivity index (χ2v) is 13.0. The van der Waals surface area contributed by atoms with E-state index in [0.29, 0.717) is 17.9 Å². The Balaban J connectivity index is 1.97. The Morgan fingerprint density at radius 1 is 1.27 bits per heavy atom. The van der Waals surface area contributed by atoms with Gasteiger partial charge in [0.2, 0.25) is 0 Å². The number of aliphatic carboxylic acids is 1. The van der Waals surface area contributed by atoms with Crippen LogP contribution in [0.3, 0.4) is 0 Å². The highest BCUT2D eigenvalue weighted by Crippen LogP contribution is 2.46. The molecule has 0 aliphatic carbocycles. The first-order valence-corrected chi connectivity index (χ1v) is 11.2.